The molecule has 2 rings (SSSR count). The summed E-state index contributed by atoms with van der Waals surface area (Å²) >= 11 is 6.84. The fraction of sp³-hybridized carbons (Fsp3) is 0.167. The van der Waals surface area contributed by atoms with E-state index in [1.165, 1.54) is 35.6 Å². The number of hydrogen-bond donors (Lipinski definition) is 1. The molecule has 1 amide bonds. The number of carbonyl (C=O) groups is 1. The first-order chi connectivity index (χ1) is 9.58. The molecular weight excluding hydrogens is 310 g/mol. The van der Waals surface area contributed by atoms with Gasteiger partial charge in [0.2, 0.25) is 0 Å². The van der Waals surface area contributed by atoms with E-state index in [0.29, 0.717) is 10.8 Å². The number of halogens is 3. The van der Waals surface area contributed by atoms with Crippen LogP contribution >= 0.6 is 22.9 Å². The van der Waals surface area contributed by atoms with Crippen LogP contribution in [0.25, 0.3) is 0 Å². The minimum absolute atomic E-state index is 0.0757. The van der Waals surface area contributed by atoms with Crippen molar-refractivity contribution >= 4 is 34.0 Å². The van der Waals surface area contributed by atoms with Gasteiger partial charge in [-0.15, -0.1) is 22.9 Å². The summed E-state index contributed by atoms with van der Waals surface area (Å²) in [6.45, 7) is -2.93. The molecule has 1 N–H and O–H groups in total. The number of anilines is 1. The maximum atomic E-state index is 12.1. The lowest BCUT2D eigenvalue weighted by Gasteiger charge is -2.06. The van der Waals surface area contributed by atoms with E-state index in [4.69, 9.17) is 11.6 Å². The molecule has 0 fully saturated rings. The van der Waals surface area contributed by atoms with Gasteiger partial charge in [0.1, 0.15) is 5.75 Å². The second-order valence-corrected chi connectivity index (χ2v) is 4.76. The molecule has 4 nitrogen and oxygen atoms in total. The van der Waals surface area contributed by atoms with E-state index in [2.05, 4.69) is 15.0 Å². The Balaban J connectivity index is 2.08. The third kappa shape index (κ3) is 3.88. The Hall–Kier alpha value is -1.73. The molecule has 0 atom stereocenters. The third-order valence-corrected chi connectivity index (χ3v) is 3.31. The molecule has 2 aromatic rings. The Morgan fingerprint density at radius 1 is 1.50 bits per heavy atom. The summed E-state index contributed by atoms with van der Waals surface area (Å²) in [5.41, 5.74) is 0.854. The summed E-state index contributed by atoms with van der Waals surface area (Å²) in [5.74, 6) is -0.280. The molecule has 20 heavy (non-hydrogen) atoms. The van der Waals surface area contributed by atoms with Crippen molar-refractivity contribution < 1.29 is 18.3 Å². The van der Waals surface area contributed by atoms with E-state index >= 15 is 0 Å². The van der Waals surface area contributed by atoms with Gasteiger partial charge in [-0.1, -0.05) is 6.07 Å². The van der Waals surface area contributed by atoms with Crippen LogP contribution in [0.2, 0.25) is 0 Å². The van der Waals surface area contributed by atoms with Crippen LogP contribution in [0.1, 0.15) is 16.1 Å². The zero-order valence-electron chi connectivity index (χ0n) is 9.98. The SMILES string of the molecule is O=C(Nc1nc(CCl)cs1)c1cccc(OC(F)F)c1. The highest BCUT2D eigenvalue weighted by Gasteiger charge is 2.11. The van der Waals surface area contributed by atoms with Crippen LogP contribution < -0.4 is 10.1 Å². The van der Waals surface area contributed by atoms with Crippen molar-refractivity contribution in [2.24, 2.45) is 0 Å². The fourth-order valence-corrected chi connectivity index (χ4v) is 2.34. The molecular formula is C12H9ClF2N2O2S. The predicted molar refractivity (Wildman–Crippen MR) is 72.7 cm³/mol. The number of benzene rings is 1. The number of thiazole rings is 1. The number of nitrogens with one attached hydrogen (secondary N) is 1. The predicted octanol–water partition coefficient (Wildman–Crippen LogP) is 3.74. The van der Waals surface area contributed by atoms with Crippen molar-refractivity contribution in [2.75, 3.05) is 5.32 Å². The number of amides is 1. The second-order valence-electron chi connectivity index (χ2n) is 3.64. The highest BCUT2D eigenvalue weighted by atomic mass is 35.5. The Labute approximate surface area is 122 Å². The molecule has 0 bridgehead atoms. The molecule has 8 heteroatoms. The first-order valence-corrected chi connectivity index (χ1v) is 6.86. The van der Waals surface area contributed by atoms with E-state index in [1.54, 1.807) is 5.38 Å². The number of aromatic nitrogens is 1. The van der Waals surface area contributed by atoms with Crippen molar-refractivity contribution in [2.45, 2.75) is 12.5 Å². The maximum absolute atomic E-state index is 12.1. The topological polar surface area (TPSA) is 51.2 Å². The molecule has 1 aromatic carbocycles. The molecule has 0 saturated heterocycles. The number of hydrogen-bond acceptors (Lipinski definition) is 4. The summed E-state index contributed by atoms with van der Waals surface area (Å²) < 4.78 is 28.4. The van der Waals surface area contributed by atoms with Gasteiger partial charge in [-0.2, -0.15) is 8.78 Å². The maximum Gasteiger partial charge on any atom is 0.387 e. The Kier molecular flexibility index (Phi) is 4.86. The average Bonchev–Trinajstić information content (AvgIpc) is 2.86. The summed E-state index contributed by atoms with van der Waals surface area (Å²) in [6, 6.07) is 5.53. The number of nitrogens with zero attached hydrogens (tertiary/aromatic N) is 1. The first-order valence-electron chi connectivity index (χ1n) is 5.45. The number of carbonyl (C=O) groups excluding carboxylic acids is 1. The van der Waals surface area contributed by atoms with E-state index in [1.807, 2.05) is 0 Å². The van der Waals surface area contributed by atoms with Crippen molar-refractivity contribution in [1.29, 1.82) is 0 Å². The molecule has 0 aliphatic heterocycles. The molecule has 0 spiro atoms. The van der Waals surface area contributed by atoms with Crippen molar-refractivity contribution in [3.8, 4) is 5.75 Å². The molecule has 1 aromatic heterocycles. The van der Waals surface area contributed by atoms with E-state index in [-0.39, 0.29) is 17.2 Å². The minimum Gasteiger partial charge on any atom is -0.435 e. The van der Waals surface area contributed by atoms with Gasteiger partial charge in [0.15, 0.2) is 5.13 Å². The van der Waals surface area contributed by atoms with Gasteiger partial charge in [0.05, 0.1) is 11.6 Å². The molecule has 106 valence electrons. The van der Waals surface area contributed by atoms with Gasteiger partial charge in [-0.25, -0.2) is 4.98 Å². The third-order valence-electron chi connectivity index (χ3n) is 2.23. The van der Waals surface area contributed by atoms with E-state index in [0.717, 1.165) is 0 Å². The van der Waals surface area contributed by atoms with Crippen LogP contribution in [0.4, 0.5) is 13.9 Å². The van der Waals surface area contributed by atoms with Crippen LogP contribution in [-0.4, -0.2) is 17.5 Å². The standard InChI is InChI=1S/C12H9ClF2N2O2S/c13-5-8-6-20-12(16-8)17-10(18)7-2-1-3-9(4-7)19-11(14)15/h1-4,6,11H,5H2,(H,16,17,18). The van der Waals surface area contributed by atoms with Gasteiger partial charge in [-0.3, -0.25) is 10.1 Å². The van der Waals surface area contributed by atoms with Gasteiger partial charge in [0, 0.05) is 10.9 Å². The Morgan fingerprint density at radius 3 is 2.95 bits per heavy atom. The summed E-state index contributed by atoms with van der Waals surface area (Å²) in [5, 5.41) is 4.68. The zero-order valence-corrected chi connectivity index (χ0v) is 11.5. The molecule has 0 aliphatic rings. The van der Waals surface area contributed by atoms with Crippen molar-refractivity contribution in [3.05, 3.63) is 40.9 Å². The van der Waals surface area contributed by atoms with E-state index in [9.17, 15) is 13.6 Å². The molecule has 0 radical (unpaired) electrons. The fourth-order valence-electron chi connectivity index (χ4n) is 1.41. The van der Waals surface area contributed by atoms with Gasteiger partial charge in [0.25, 0.3) is 5.91 Å². The van der Waals surface area contributed by atoms with E-state index < -0.39 is 12.5 Å². The molecule has 0 saturated carbocycles. The minimum atomic E-state index is -2.93. The smallest absolute Gasteiger partial charge is 0.387 e. The summed E-state index contributed by atoms with van der Waals surface area (Å²) in [7, 11) is 0. The Bertz CT molecular complexity index is 607. The molecule has 0 unspecified atom stereocenters. The normalized spacial score (nSPS) is 10.6. The number of ether oxygens (including phenoxy) is 1. The van der Waals surface area contributed by atoms with Crippen LogP contribution in [0.3, 0.4) is 0 Å². The Morgan fingerprint density at radius 2 is 2.30 bits per heavy atom. The zero-order chi connectivity index (χ0) is 14.5. The van der Waals surface area contributed by atoms with Crippen molar-refractivity contribution in [1.82, 2.24) is 4.98 Å². The molecule has 1 heterocycles. The highest BCUT2D eigenvalue weighted by molar-refractivity contribution is 7.14. The lowest BCUT2D eigenvalue weighted by molar-refractivity contribution is -0.0498. The van der Waals surface area contributed by atoms with Gasteiger partial charge < -0.3 is 4.74 Å². The highest BCUT2D eigenvalue weighted by Crippen LogP contribution is 2.20. The van der Waals surface area contributed by atoms with Gasteiger partial charge >= 0.3 is 6.61 Å². The van der Waals surface area contributed by atoms with Crippen LogP contribution in [-0.2, 0) is 5.88 Å². The average molecular weight is 319 g/mol. The van der Waals surface area contributed by atoms with Crippen LogP contribution in [0.15, 0.2) is 29.6 Å². The number of alkyl halides is 3. The van der Waals surface area contributed by atoms with Crippen LogP contribution in [0.5, 0.6) is 5.75 Å². The lowest BCUT2D eigenvalue weighted by Crippen LogP contribution is -2.12. The van der Waals surface area contributed by atoms with Crippen molar-refractivity contribution in [3.63, 3.8) is 0 Å². The molecule has 0 aliphatic carbocycles. The van der Waals surface area contributed by atoms with Crippen LogP contribution in [0, 0.1) is 0 Å². The number of rotatable bonds is 5. The largest absolute Gasteiger partial charge is 0.435 e. The quantitative estimate of drug-likeness (QED) is 0.854. The summed E-state index contributed by atoms with van der Waals surface area (Å²) in [6.07, 6.45) is 0. The lowest BCUT2D eigenvalue weighted by atomic mass is 10.2. The monoisotopic (exact) mass is 318 g/mol. The second kappa shape index (κ2) is 6.62. The summed E-state index contributed by atoms with van der Waals surface area (Å²) in [4.78, 5) is 16.0. The van der Waals surface area contributed by atoms with Gasteiger partial charge in [-0.05, 0) is 18.2 Å². The first kappa shape index (κ1) is 14.7.